The number of aromatic carboxylic acids is 1. The summed E-state index contributed by atoms with van der Waals surface area (Å²) in [6, 6.07) is 7.00. The summed E-state index contributed by atoms with van der Waals surface area (Å²) >= 11 is 0. The number of sulfonamides is 1. The summed E-state index contributed by atoms with van der Waals surface area (Å²) in [5.74, 6) is -1.35. The number of carbonyl (C=O) groups is 1. The zero-order chi connectivity index (χ0) is 15.6. The first-order valence-electron chi connectivity index (χ1n) is 6.22. The summed E-state index contributed by atoms with van der Waals surface area (Å²) in [5, 5.41) is 14.3. The Morgan fingerprint density at radius 1 is 1.33 bits per heavy atom. The second-order valence-corrected chi connectivity index (χ2v) is 6.32. The fourth-order valence-corrected chi connectivity index (χ4v) is 3.10. The minimum atomic E-state index is -4.01. The fourth-order valence-electron chi connectivity index (χ4n) is 1.84. The summed E-state index contributed by atoms with van der Waals surface area (Å²) in [4.78, 5) is 11.0. The minimum Gasteiger partial charge on any atom is -0.478 e. The number of H-pyrrole nitrogens is 1. The van der Waals surface area contributed by atoms with E-state index in [2.05, 4.69) is 10.2 Å². The number of hydrogen-bond donors (Lipinski definition) is 2. The van der Waals surface area contributed by atoms with Crippen molar-refractivity contribution in [3.63, 3.8) is 0 Å². The van der Waals surface area contributed by atoms with Crippen molar-refractivity contribution < 1.29 is 18.3 Å². The van der Waals surface area contributed by atoms with Crippen LogP contribution in [0.15, 0.2) is 35.5 Å². The van der Waals surface area contributed by atoms with Crippen LogP contribution in [-0.2, 0) is 16.4 Å². The molecule has 1 aromatic heterocycles. The van der Waals surface area contributed by atoms with Crippen LogP contribution in [0, 0.1) is 0 Å². The predicted molar refractivity (Wildman–Crippen MR) is 77.0 cm³/mol. The molecule has 0 aliphatic heterocycles. The number of aromatic nitrogens is 2. The highest BCUT2D eigenvalue weighted by molar-refractivity contribution is 7.92. The van der Waals surface area contributed by atoms with Gasteiger partial charge in [0.15, 0.2) is 5.03 Å². The van der Waals surface area contributed by atoms with E-state index in [4.69, 9.17) is 5.11 Å². The number of carboxylic acid groups (broad SMARTS) is 1. The van der Waals surface area contributed by atoms with Crippen molar-refractivity contribution in [3.8, 4) is 0 Å². The molecular formula is C13H15N3O4S. The molecule has 2 N–H and O–H groups in total. The number of nitrogens with zero attached hydrogens (tertiary/aromatic N) is 2. The molecule has 0 amide bonds. The topological polar surface area (TPSA) is 103 Å². The van der Waals surface area contributed by atoms with Gasteiger partial charge in [-0.3, -0.25) is 9.40 Å². The third-order valence-electron chi connectivity index (χ3n) is 3.16. The van der Waals surface area contributed by atoms with Crippen molar-refractivity contribution in [1.29, 1.82) is 0 Å². The largest absolute Gasteiger partial charge is 0.478 e. The first-order valence-corrected chi connectivity index (χ1v) is 7.66. The predicted octanol–water partition coefficient (Wildman–Crippen LogP) is 1.50. The first kappa shape index (κ1) is 15.0. The summed E-state index contributed by atoms with van der Waals surface area (Å²) < 4.78 is 25.9. The first-order chi connectivity index (χ1) is 9.87. The maximum Gasteiger partial charge on any atom is 0.340 e. The van der Waals surface area contributed by atoms with Crippen LogP contribution in [0.3, 0.4) is 0 Å². The Morgan fingerprint density at radius 3 is 2.48 bits per heavy atom. The minimum absolute atomic E-state index is 0.382. The van der Waals surface area contributed by atoms with Gasteiger partial charge in [-0.15, -0.1) is 0 Å². The van der Waals surface area contributed by atoms with E-state index >= 15 is 0 Å². The molecule has 2 rings (SSSR count). The molecule has 8 heteroatoms. The average Bonchev–Trinajstić information content (AvgIpc) is 2.97. The van der Waals surface area contributed by atoms with Crippen LogP contribution in [0.25, 0.3) is 0 Å². The van der Waals surface area contributed by atoms with E-state index in [1.165, 1.54) is 7.05 Å². The van der Waals surface area contributed by atoms with Crippen molar-refractivity contribution in [3.05, 3.63) is 41.6 Å². The highest BCUT2D eigenvalue weighted by Crippen LogP contribution is 2.23. The van der Waals surface area contributed by atoms with Crippen LogP contribution in [-0.4, -0.2) is 36.7 Å². The second-order valence-electron chi connectivity index (χ2n) is 4.41. The summed E-state index contributed by atoms with van der Waals surface area (Å²) in [7, 11) is -2.65. The lowest BCUT2D eigenvalue weighted by molar-refractivity contribution is 0.0692. The third-order valence-corrected chi connectivity index (χ3v) is 4.92. The molecule has 0 spiro atoms. The van der Waals surface area contributed by atoms with Crippen molar-refractivity contribution >= 4 is 21.7 Å². The molecule has 21 heavy (non-hydrogen) atoms. The van der Waals surface area contributed by atoms with Crippen LogP contribution in [0.1, 0.15) is 22.8 Å². The Labute approximate surface area is 122 Å². The van der Waals surface area contributed by atoms with E-state index < -0.39 is 21.0 Å². The number of rotatable bonds is 5. The molecule has 0 fully saturated rings. The van der Waals surface area contributed by atoms with Gasteiger partial charge >= 0.3 is 5.97 Å². The second kappa shape index (κ2) is 5.57. The van der Waals surface area contributed by atoms with E-state index in [0.29, 0.717) is 5.69 Å². The lowest BCUT2D eigenvalue weighted by Gasteiger charge is -2.19. The fraction of sp³-hybridized carbons (Fsp3) is 0.231. The third kappa shape index (κ3) is 2.75. The SMILES string of the molecule is CCc1ccc(N(C)S(=O)(=O)c2[nH]ncc2C(=O)O)cc1. The molecule has 0 radical (unpaired) electrons. The standard InChI is InChI=1S/C13H15N3O4S/c1-3-9-4-6-10(7-5-9)16(2)21(19,20)12-11(13(17)18)8-14-15-12/h4-8H,3H2,1-2H3,(H,14,15)(H,17,18). The van der Waals surface area contributed by atoms with E-state index in [0.717, 1.165) is 22.5 Å². The lowest BCUT2D eigenvalue weighted by atomic mass is 10.1. The molecular weight excluding hydrogens is 294 g/mol. The zero-order valence-corrected chi connectivity index (χ0v) is 12.4. The number of nitrogens with one attached hydrogen (secondary N) is 1. The molecule has 0 aliphatic rings. The Morgan fingerprint density at radius 2 is 1.95 bits per heavy atom. The van der Waals surface area contributed by atoms with Gasteiger partial charge in [0, 0.05) is 7.05 Å². The molecule has 7 nitrogen and oxygen atoms in total. The highest BCUT2D eigenvalue weighted by Gasteiger charge is 2.29. The van der Waals surface area contributed by atoms with Crippen molar-refractivity contribution in [1.82, 2.24) is 10.2 Å². The van der Waals surface area contributed by atoms with Gasteiger partial charge < -0.3 is 5.11 Å². The van der Waals surface area contributed by atoms with Gasteiger partial charge in [0.1, 0.15) is 5.56 Å². The molecule has 0 aliphatic carbocycles. The maximum absolute atomic E-state index is 12.5. The highest BCUT2D eigenvalue weighted by atomic mass is 32.2. The number of hydrogen-bond acceptors (Lipinski definition) is 4. The van der Waals surface area contributed by atoms with E-state index in [9.17, 15) is 13.2 Å². The molecule has 2 aromatic rings. The molecule has 0 atom stereocenters. The van der Waals surface area contributed by atoms with Crippen LogP contribution in [0.2, 0.25) is 0 Å². The van der Waals surface area contributed by atoms with Gasteiger partial charge in [-0.25, -0.2) is 4.79 Å². The Kier molecular flexibility index (Phi) is 3.99. The number of aryl methyl sites for hydroxylation is 1. The molecule has 1 aromatic carbocycles. The lowest BCUT2D eigenvalue weighted by Crippen LogP contribution is -2.28. The van der Waals surface area contributed by atoms with Crippen LogP contribution in [0.4, 0.5) is 5.69 Å². The molecule has 0 saturated carbocycles. The van der Waals surface area contributed by atoms with Crippen molar-refractivity contribution in [2.45, 2.75) is 18.4 Å². The zero-order valence-electron chi connectivity index (χ0n) is 11.6. The van der Waals surface area contributed by atoms with Gasteiger partial charge in [-0.1, -0.05) is 19.1 Å². The Hall–Kier alpha value is -2.35. The van der Waals surface area contributed by atoms with Crippen molar-refractivity contribution in [2.24, 2.45) is 0 Å². The average molecular weight is 309 g/mol. The summed E-state index contributed by atoms with van der Waals surface area (Å²) in [5.41, 5.74) is 1.14. The summed E-state index contributed by atoms with van der Waals surface area (Å²) in [6.45, 7) is 2.00. The summed E-state index contributed by atoms with van der Waals surface area (Å²) in [6.07, 6.45) is 1.82. The number of aromatic amines is 1. The maximum atomic E-state index is 12.5. The van der Waals surface area contributed by atoms with Crippen LogP contribution >= 0.6 is 0 Å². The van der Waals surface area contributed by atoms with E-state index in [1.54, 1.807) is 12.1 Å². The normalized spacial score (nSPS) is 11.3. The Balaban J connectivity index is 2.42. The monoisotopic (exact) mass is 309 g/mol. The van der Waals surface area contributed by atoms with Gasteiger partial charge in [-0.2, -0.15) is 13.5 Å². The number of benzene rings is 1. The molecule has 0 unspecified atom stereocenters. The smallest absolute Gasteiger partial charge is 0.340 e. The van der Waals surface area contributed by atoms with Gasteiger partial charge in [0.25, 0.3) is 10.0 Å². The van der Waals surface area contributed by atoms with Crippen LogP contribution in [0.5, 0.6) is 0 Å². The Bertz CT molecular complexity index is 750. The molecule has 0 bridgehead atoms. The number of anilines is 1. The molecule has 112 valence electrons. The van der Waals surface area contributed by atoms with Gasteiger partial charge in [0.05, 0.1) is 11.9 Å². The van der Waals surface area contributed by atoms with Crippen LogP contribution < -0.4 is 4.31 Å². The quantitative estimate of drug-likeness (QED) is 0.871. The molecule has 0 saturated heterocycles. The van der Waals surface area contributed by atoms with Crippen molar-refractivity contribution in [2.75, 3.05) is 11.4 Å². The van der Waals surface area contributed by atoms with E-state index in [-0.39, 0.29) is 5.56 Å². The molecule has 1 heterocycles. The van der Waals surface area contributed by atoms with Gasteiger partial charge in [-0.05, 0) is 24.1 Å². The van der Waals surface area contributed by atoms with E-state index in [1.807, 2.05) is 19.1 Å². The van der Waals surface area contributed by atoms with Gasteiger partial charge in [0.2, 0.25) is 0 Å². The number of carboxylic acids is 1.